The molecule has 1 heterocycles. The Morgan fingerprint density at radius 2 is 2.15 bits per heavy atom. The number of methoxy groups -OCH3 is 1. The van der Waals surface area contributed by atoms with Gasteiger partial charge in [-0.25, -0.2) is 4.79 Å². The van der Waals surface area contributed by atoms with Crippen molar-refractivity contribution < 1.29 is 14.3 Å². The van der Waals surface area contributed by atoms with Crippen LogP contribution in [0.2, 0.25) is 0 Å². The molecule has 1 amide bonds. The molecule has 0 aliphatic heterocycles. The molecule has 20 heavy (non-hydrogen) atoms. The molecule has 0 saturated carbocycles. The summed E-state index contributed by atoms with van der Waals surface area (Å²) in [5.41, 5.74) is 0.277. The number of aryl methyl sites for hydroxylation is 1. The lowest BCUT2D eigenvalue weighted by Gasteiger charge is -2.22. The smallest absolute Gasteiger partial charge is 0.330 e. The minimum absolute atomic E-state index is 0.201. The molecule has 1 aliphatic rings. The van der Waals surface area contributed by atoms with E-state index in [1.54, 1.807) is 25.2 Å². The average molecular weight is 295 g/mol. The zero-order valence-corrected chi connectivity index (χ0v) is 13.2. The molecule has 1 aromatic heterocycles. The lowest BCUT2D eigenvalue weighted by Crippen LogP contribution is -2.50. The maximum atomic E-state index is 12.3. The van der Waals surface area contributed by atoms with Crippen LogP contribution >= 0.6 is 11.3 Å². The molecular weight excluding hydrogens is 274 g/mol. The number of carbonyl (C=O) groups is 2. The van der Waals surface area contributed by atoms with Gasteiger partial charge in [0.05, 0.1) is 12.0 Å². The molecule has 0 unspecified atom stereocenters. The second-order valence-electron chi connectivity index (χ2n) is 5.98. The molecule has 5 heteroatoms. The van der Waals surface area contributed by atoms with Crippen LogP contribution < -0.4 is 5.32 Å². The van der Waals surface area contributed by atoms with Crippen molar-refractivity contribution in [1.82, 2.24) is 5.32 Å². The standard InChI is InChI=1S/C15H21NO3S/c1-9-5-6-11-10(7-9)8-12(20-11)13(17)16-15(2,3)14(18)19-4/h8-9H,5-7H2,1-4H3,(H,16,17)/t9-/m1/s1. The van der Waals surface area contributed by atoms with E-state index in [0.29, 0.717) is 10.8 Å². The molecule has 0 fully saturated rings. The molecule has 4 nitrogen and oxygen atoms in total. The van der Waals surface area contributed by atoms with Gasteiger partial charge in [-0.05, 0) is 50.7 Å². The quantitative estimate of drug-likeness (QED) is 0.872. The highest BCUT2D eigenvalue weighted by Crippen LogP contribution is 2.32. The second kappa shape index (κ2) is 5.56. The van der Waals surface area contributed by atoms with Crippen molar-refractivity contribution >= 4 is 23.2 Å². The van der Waals surface area contributed by atoms with Gasteiger partial charge in [0.25, 0.3) is 5.91 Å². The molecule has 0 spiro atoms. The van der Waals surface area contributed by atoms with E-state index in [1.807, 2.05) is 6.07 Å². The normalized spacial score (nSPS) is 18.3. The number of hydrogen-bond acceptors (Lipinski definition) is 4. The average Bonchev–Trinajstić information content (AvgIpc) is 2.80. The number of amides is 1. The highest BCUT2D eigenvalue weighted by Gasteiger charge is 2.31. The van der Waals surface area contributed by atoms with E-state index in [0.717, 1.165) is 12.8 Å². The highest BCUT2D eigenvalue weighted by molar-refractivity contribution is 7.14. The zero-order chi connectivity index (χ0) is 14.9. The van der Waals surface area contributed by atoms with Crippen molar-refractivity contribution in [3.63, 3.8) is 0 Å². The Morgan fingerprint density at radius 3 is 2.80 bits per heavy atom. The fraction of sp³-hybridized carbons (Fsp3) is 0.600. The van der Waals surface area contributed by atoms with E-state index in [9.17, 15) is 9.59 Å². The number of hydrogen-bond donors (Lipinski definition) is 1. The highest BCUT2D eigenvalue weighted by atomic mass is 32.1. The van der Waals surface area contributed by atoms with Gasteiger partial charge in [-0.1, -0.05) is 6.92 Å². The van der Waals surface area contributed by atoms with E-state index in [1.165, 1.54) is 24.0 Å². The predicted molar refractivity (Wildman–Crippen MR) is 79.1 cm³/mol. The van der Waals surface area contributed by atoms with Gasteiger partial charge < -0.3 is 10.1 Å². The summed E-state index contributed by atoms with van der Waals surface area (Å²) in [7, 11) is 1.32. The Bertz CT molecular complexity index is 533. The summed E-state index contributed by atoms with van der Waals surface area (Å²) < 4.78 is 4.70. The number of carbonyl (C=O) groups excluding carboxylic acids is 2. The van der Waals surface area contributed by atoms with E-state index in [-0.39, 0.29) is 5.91 Å². The van der Waals surface area contributed by atoms with Gasteiger partial charge >= 0.3 is 5.97 Å². The molecule has 0 aromatic carbocycles. The third-order valence-electron chi connectivity index (χ3n) is 3.67. The van der Waals surface area contributed by atoms with Crippen molar-refractivity contribution in [2.75, 3.05) is 7.11 Å². The molecule has 1 atom stereocenters. The molecular formula is C15H21NO3S. The van der Waals surface area contributed by atoms with Crippen LogP contribution in [-0.2, 0) is 22.4 Å². The summed E-state index contributed by atoms with van der Waals surface area (Å²) in [6, 6.07) is 1.97. The predicted octanol–water partition coefficient (Wildman–Crippen LogP) is 2.55. The van der Waals surface area contributed by atoms with Gasteiger partial charge in [-0.3, -0.25) is 4.79 Å². The monoisotopic (exact) mass is 295 g/mol. The number of ether oxygens (including phenoxy) is 1. The SMILES string of the molecule is COC(=O)C(C)(C)NC(=O)c1cc2c(s1)CC[C@@H](C)C2. The Balaban J connectivity index is 2.13. The van der Waals surface area contributed by atoms with Crippen LogP contribution in [0.1, 0.15) is 47.3 Å². The summed E-state index contributed by atoms with van der Waals surface area (Å²) in [5, 5.41) is 2.74. The third-order valence-corrected chi connectivity index (χ3v) is 4.91. The number of nitrogens with one attached hydrogen (secondary N) is 1. The van der Waals surface area contributed by atoms with Crippen molar-refractivity contribution in [3.05, 3.63) is 21.4 Å². The maximum absolute atomic E-state index is 12.3. The van der Waals surface area contributed by atoms with Crippen LogP contribution in [0, 0.1) is 5.92 Å². The molecule has 0 saturated heterocycles. The molecule has 2 rings (SSSR count). The van der Waals surface area contributed by atoms with Crippen molar-refractivity contribution in [3.8, 4) is 0 Å². The van der Waals surface area contributed by atoms with E-state index in [2.05, 4.69) is 12.2 Å². The molecule has 1 N–H and O–H groups in total. The van der Waals surface area contributed by atoms with Crippen LogP contribution in [0.3, 0.4) is 0 Å². The first-order valence-corrected chi connectivity index (χ1v) is 7.67. The lowest BCUT2D eigenvalue weighted by molar-refractivity contribution is -0.146. The van der Waals surface area contributed by atoms with Crippen LogP contribution in [-0.4, -0.2) is 24.5 Å². The van der Waals surface area contributed by atoms with E-state index >= 15 is 0 Å². The molecule has 1 aromatic rings. The molecule has 1 aliphatic carbocycles. The van der Waals surface area contributed by atoms with Gasteiger partial charge in [0.1, 0.15) is 5.54 Å². The van der Waals surface area contributed by atoms with Crippen LogP contribution in [0.5, 0.6) is 0 Å². The Labute approximate surface area is 123 Å². The minimum atomic E-state index is -1.01. The van der Waals surface area contributed by atoms with Crippen molar-refractivity contribution in [1.29, 1.82) is 0 Å². The van der Waals surface area contributed by atoms with E-state index in [4.69, 9.17) is 4.74 Å². The summed E-state index contributed by atoms with van der Waals surface area (Å²) in [5.74, 6) is 0.0350. The first kappa shape index (κ1) is 15.0. The lowest BCUT2D eigenvalue weighted by atomic mass is 9.90. The maximum Gasteiger partial charge on any atom is 0.330 e. The molecule has 0 radical (unpaired) electrons. The third kappa shape index (κ3) is 3.03. The van der Waals surface area contributed by atoms with Gasteiger partial charge in [-0.2, -0.15) is 0 Å². The number of esters is 1. The second-order valence-corrected chi connectivity index (χ2v) is 7.11. The summed E-state index contributed by atoms with van der Waals surface area (Å²) in [6.07, 6.45) is 3.27. The van der Waals surface area contributed by atoms with Gasteiger partial charge in [-0.15, -0.1) is 11.3 Å². The van der Waals surface area contributed by atoms with Crippen LogP contribution in [0.15, 0.2) is 6.07 Å². The van der Waals surface area contributed by atoms with Crippen molar-refractivity contribution in [2.24, 2.45) is 5.92 Å². The van der Waals surface area contributed by atoms with Gasteiger partial charge in [0.15, 0.2) is 0 Å². The van der Waals surface area contributed by atoms with Gasteiger partial charge in [0.2, 0.25) is 0 Å². The summed E-state index contributed by atoms with van der Waals surface area (Å²) >= 11 is 1.54. The zero-order valence-electron chi connectivity index (χ0n) is 12.4. The number of rotatable bonds is 3. The topological polar surface area (TPSA) is 55.4 Å². The largest absolute Gasteiger partial charge is 0.467 e. The Morgan fingerprint density at radius 1 is 1.45 bits per heavy atom. The Kier molecular flexibility index (Phi) is 4.18. The summed E-state index contributed by atoms with van der Waals surface area (Å²) in [4.78, 5) is 25.9. The number of thiophene rings is 1. The summed E-state index contributed by atoms with van der Waals surface area (Å²) in [6.45, 7) is 5.53. The first-order valence-electron chi connectivity index (χ1n) is 6.86. The Hall–Kier alpha value is -1.36. The molecule has 110 valence electrons. The first-order chi connectivity index (χ1) is 9.33. The van der Waals surface area contributed by atoms with Crippen molar-refractivity contribution in [2.45, 2.75) is 45.6 Å². The van der Waals surface area contributed by atoms with E-state index < -0.39 is 11.5 Å². The van der Waals surface area contributed by atoms with Gasteiger partial charge in [0, 0.05) is 4.88 Å². The fourth-order valence-electron chi connectivity index (χ4n) is 2.47. The molecule has 0 bridgehead atoms. The van der Waals surface area contributed by atoms with Crippen LogP contribution in [0.4, 0.5) is 0 Å². The minimum Gasteiger partial charge on any atom is -0.467 e. The fourth-order valence-corrected chi connectivity index (χ4v) is 3.57. The number of fused-ring (bicyclic) bond motifs is 1. The van der Waals surface area contributed by atoms with Crippen LogP contribution in [0.25, 0.3) is 0 Å².